The summed E-state index contributed by atoms with van der Waals surface area (Å²) in [7, 11) is 1.83. The van der Waals surface area contributed by atoms with E-state index in [2.05, 4.69) is 15.3 Å². The first-order valence-electron chi connectivity index (χ1n) is 3.66. The summed E-state index contributed by atoms with van der Waals surface area (Å²) in [6.07, 6.45) is 1.80. The molecule has 0 saturated carbocycles. The highest BCUT2D eigenvalue weighted by molar-refractivity contribution is 6.27. The fraction of sp³-hybridized carbons (Fsp3) is 0.286. The molecule has 0 spiro atoms. The summed E-state index contributed by atoms with van der Waals surface area (Å²) in [4.78, 5) is 0. The van der Waals surface area contributed by atoms with Crippen molar-refractivity contribution < 1.29 is 4.42 Å². The van der Waals surface area contributed by atoms with Crippen LogP contribution >= 0.6 is 11.6 Å². The minimum absolute atomic E-state index is 0.0400. The first kappa shape index (κ1) is 8.25. The molecule has 13 heavy (non-hydrogen) atoms. The average molecular weight is 199 g/mol. The van der Waals surface area contributed by atoms with Crippen LogP contribution in [0, 0.1) is 6.92 Å². The Morgan fingerprint density at radius 1 is 1.46 bits per heavy atom. The van der Waals surface area contributed by atoms with Crippen molar-refractivity contribution >= 4 is 11.6 Å². The second-order valence-corrected chi connectivity index (χ2v) is 2.99. The number of halogens is 1. The highest BCUT2D eigenvalue weighted by atomic mass is 35.5. The third-order valence-electron chi connectivity index (χ3n) is 1.64. The molecule has 0 atom stereocenters. The molecule has 0 N–H and O–H groups in total. The quantitative estimate of drug-likeness (QED) is 0.696. The Labute approximate surface area is 79.3 Å². The first-order valence-corrected chi connectivity index (χ1v) is 4.04. The third kappa shape index (κ3) is 1.42. The molecule has 68 valence electrons. The topological polar surface area (TPSA) is 56.7 Å². The van der Waals surface area contributed by atoms with Gasteiger partial charge in [-0.25, -0.2) is 0 Å². The zero-order chi connectivity index (χ0) is 9.42. The number of hydrogen-bond donors (Lipinski definition) is 0. The van der Waals surface area contributed by atoms with Crippen molar-refractivity contribution in [1.29, 1.82) is 0 Å². The summed E-state index contributed by atoms with van der Waals surface area (Å²) in [6, 6.07) is 0. The van der Waals surface area contributed by atoms with E-state index in [1.165, 1.54) is 0 Å². The van der Waals surface area contributed by atoms with Crippen molar-refractivity contribution in [2.24, 2.45) is 7.05 Å². The third-order valence-corrected chi connectivity index (χ3v) is 1.80. The molecule has 0 aromatic carbocycles. The maximum absolute atomic E-state index is 5.50. The van der Waals surface area contributed by atoms with Crippen molar-refractivity contribution in [3.8, 4) is 11.5 Å². The Balaban J connectivity index is 2.51. The van der Waals surface area contributed by atoms with Crippen LogP contribution in [0.4, 0.5) is 0 Å². The van der Waals surface area contributed by atoms with Gasteiger partial charge in [0.1, 0.15) is 0 Å². The molecule has 0 bridgehead atoms. The summed E-state index contributed by atoms with van der Waals surface area (Å²) in [5.74, 6) is 0.399. The lowest BCUT2D eigenvalue weighted by Crippen LogP contribution is -1.86. The lowest BCUT2D eigenvalue weighted by Gasteiger charge is -1.86. The Morgan fingerprint density at radius 2 is 2.23 bits per heavy atom. The molecular formula is C7H7ClN4O. The van der Waals surface area contributed by atoms with Crippen LogP contribution in [0.5, 0.6) is 0 Å². The number of aromatic nitrogens is 4. The second kappa shape index (κ2) is 2.85. The first-order chi connectivity index (χ1) is 6.16. The van der Waals surface area contributed by atoms with E-state index in [4.69, 9.17) is 16.0 Å². The molecule has 2 aromatic rings. The smallest absolute Gasteiger partial charge is 0.313 e. The van der Waals surface area contributed by atoms with Gasteiger partial charge in [0.2, 0.25) is 0 Å². The molecule has 0 saturated heterocycles. The maximum atomic E-state index is 5.50. The molecule has 5 nitrogen and oxygen atoms in total. The van der Waals surface area contributed by atoms with Gasteiger partial charge in [-0.05, 0) is 18.5 Å². The van der Waals surface area contributed by atoms with Gasteiger partial charge < -0.3 is 4.42 Å². The second-order valence-electron chi connectivity index (χ2n) is 2.66. The van der Waals surface area contributed by atoms with Gasteiger partial charge in [0, 0.05) is 13.2 Å². The van der Waals surface area contributed by atoms with E-state index in [1.807, 2.05) is 14.0 Å². The van der Waals surface area contributed by atoms with Crippen molar-refractivity contribution in [3.05, 3.63) is 17.2 Å². The molecule has 2 rings (SSSR count). The van der Waals surface area contributed by atoms with Gasteiger partial charge in [-0.2, -0.15) is 5.10 Å². The lowest BCUT2D eigenvalue weighted by molar-refractivity contribution is 0.570. The molecule has 2 aromatic heterocycles. The number of aryl methyl sites for hydroxylation is 2. The summed E-state index contributed by atoms with van der Waals surface area (Å²) < 4.78 is 6.74. The van der Waals surface area contributed by atoms with Gasteiger partial charge in [-0.3, -0.25) is 4.68 Å². The van der Waals surface area contributed by atoms with E-state index in [-0.39, 0.29) is 5.35 Å². The van der Waals surface area contributed by atoms with Crippen molar-refractivity contribution in [2.45, 2.75) is 6.92 Å². The summed E-state index contributed by atoms with van der Waals surface area (Å²) in [5, 5.41) is 11.5. The van der Waals surface area contributed by atoms with Crippen LogP contribution in [-0.2, 0) is 7.05 Å². The van der Waals surface area contributed by atoms with E-state index >= 15 is 0 Å². The molecule has 0 amide bonds. The average Bonchev–Trinajstić information content (AvgIpc) is 2.58. The number of hydrogen-bond acceptors (Lipinski definition) is 4. The van der Waals surface area contributed by atoms with Gasteiger partial charge in [-0.1, -0.05) is 5.10 Å². The van der Waals surface area contributed by atoms with Gasteiger partial charge in [0.15, 0.2) is 0 Å². The van der Waals surface area contributed by atoms with Crippen LogP contribution in [0.15, 0.2) is 10.6 Å². The minimum Gasteiger partial charge on any atom is -0.407 e. The van der Waals surface area contributed by atoms with E-state index in [0.717, 1.165) is 11.3 Å². The molecule has 0 fully saturated rings. The van der Waals surface area contributed by atoms with Crippen molar-refractivity contribution in [1.82, 2.24) is 20.0 Å². The fourth-order valence-corrected chi connectivity index (χ4v) is 1.23. The lowest BCUT2D eigenvalue weighted by atomic mass is 10.3. The Bertz CT molecular complexity index is 433. The summed E-state index contributed by atoms with van der Waals surface area (Å²) in [6.45, 7) is 1.87. The Kier molecular flexibility index (Phi) is 1.81. The standard InChI is InChI=1S/C7H7ClN4O/c1-4-5(3-12(2)11-4)6-9-10-7(8)13-6/h3H,1-2H3. The molecule has 0 aliphatic heterocycles. The maximum Gasteiger partial charge on any atom is 0.313 e. The molecule has 6 heteroatoms. The van der Waals surface area contributed by atoms with E-state index in [1.54, 1.807) is 10.9 Å². The largest absolute Gasteiger partial charge is 0.407 e. The van der Waals surface area contributed by atoms with Gasteiger partial charge in [-0.15, -0.1) is 5.10 Å². The van der Waals surface area contributed by atoms with E-state index in [9.17, 15) is 0 Å². The van der Waals surface area contributed by atoms with Crippen LogP contribution in [0.25, 0.3) is 11.5 Å². The molecule has 2 heterocycles. The van der Waals surface area contributed by atoms with Gasteiger partial charge in [0.25, 0.3) is 5.89 Å². The zero-order valence-corrected chi connectivity index (χ0v) is 7.91. The van der Waals surface area contributed by atoms with Crippen LogP contribution < -0.4 is 0 Å². The Morgan fingerprint density at radius 3 is 2.69 bits per heavy atom. The van der Waals surface area contributed by atoms with Crippen molar-refractivity contribution in [3.63, 3.8) is 0 Å². The fourth-order valence-electron chi connectivity index (χ4n) is 1.12. The van der Waals surface area contributed by atoms with Crippen LogP contribution in [0.1, 0.15) is 5.69 Å². The molecule has 0 aliphatic carbocycles. The summed E-state index contributed by atoms with van der Waals surface area (Å²) in [5.41, 5.74) is 1.64. The molecule has 0 aliphatic rings. The van der Waals surface area contributed by atoms with Crippen LogP contribution in [-0.4, -0.2) is 20.0 Å². The number of nitrogens with zero attached hydrogens (tertiary/aromatic N) is 4. The highest BCUT2D eigenvalue weighted by Crippen LogP contribution is 2.21. The van der Waals surface area contributed by atoms with Crippen molar-refractivity contribution in [2.75, 3.05) is 0 Å². The van der Waals surface area contributed by atoms with Crippen LogP contribution in [0.3, 0.4) is 0 Å². The van der Waals surface area contributed by atoms with Gasteiger partial charge in [0.05, 0.1) is 11.3 Å². The molecular weight excluding hydrogens is 192 g/mol. The SMILES string of the molecule is Cc1nn(C)cc1-c1nnc(Cl)o1. The van der Waals surface area contributed by atoms with Gasteiger partial charge >= 0.3 is 5.35 Å². The Hall–Kier alpha value is -1.36. The van der Waals surface area contributed by atoms with E-state index in [0.29, 0.717) is 5.89 Å². The predicted molar refractivity (Wildman–Crippen MR) is 46.2 cm³/mol. The monoisotopic (exact) mass is 198 g/mol. The molecule has 0 radical (unpaired) electrons. The van der Waals surface area contributed by atoms with E-state index < -0.39 is 0 Å². The summed E-state index contributed by atoms with van der Waals surface area (Å²) >= 11 is 5.50. The predicted octanol–water partition coefficient (Wildman–Crippen LogP) is 1.43. The van der Waals surface area contributed by atoms with Crippen LogP contribution in [0.2, 0.25) is 5.35 Å². The highest BCUT2D eigenvalue weighted by Gasteiger charge is 2.12. The molecule has 0 unspecified atom stereocenters. The zero-order valence-electron chi connectivity index (χ0n) is 7.15. The normalized spacial score (nSPS) is 10.7. The number of rotatable bonds is 1. The minimum atomic E-state index is 0.0400.